The molecule has 1 aliphatic rings. The molecule has 1 rings (SSSR count). The summed E-state index contributed by atoms with van der Waals surface area (Å²) in [7, 11) is 0. The lowest BCUT2D eigenvalue weighted by Gasteiger charge is -2.43. The highest BCUT2D eigenvalue weighted by molar-refractivity contribution is 5.81. The van der Waals surface area contributed by atoms with Gasteiger partial charge in [-0.3, -0.25) is 4.79 Å². The van der Waals surface area contributed by atoms with Crippen LogP contribution >= 0.6 is 0 Å². The van der Waals surface area contributed by atoms with Crippen LogP contribution in [-0.4, -0.2) is 48.7 Å². The molecular formula is C16H32N2O2. The Balaban J connectivity index is 2.83. The summed E-state index contributed by atoms with van der Waals surface area (Å²) in [5.41, 5.74) is -0.461. The van der Waals surface area contributed by atoms with Gasteiger partial charge in [0.25, 0.3) is 0 Å². The SMILES string of the molecule is CCCNC1(C(=O)OCC)CCCC(N(CC)CC)C1. The van der Waals surface area contributed by atoms with Crippen molar-refractivity contribution in [2.75, 3.05) is 26.2 Å². The van der Waals surface area contributed by atoms with Crippen LogP contribution in [0, 0.1) is 0 Å². The van der Waals surface area contributed by atoms with Gasteiger partial charge in [0.2, 0.25) is 0 Å². The van der Waals surface area contributed by atoms with Crippen LogP contribution in [-0.2, 0) is 9.53 Å². The third-order valence-electron chi connectivity index (χ3n) is 4.43. The molecule has 4 heteroatoms. The molecule has 0 aromatic carbocycles. The van der Waals surface area contributed by atoms with Crippen LogP contribution in [0.2, 0.25) is 0 Å². The Bertz CT molecular complexity index is 292. The highest BCUT2D eigenvalue weighted by Gasteiger charge is 2.44. The summed E-state index contributed by atoms with van der Waals surface area (Å²) in [6.07, 6.45) is 5.11. The van der Waals surface area contributed by atoms with Gasteiger partial charge in [0.1, 0.15) is 5.54 Å². The molecule has 20 heavy (non-hydrogen) atoms. The zero-order valence-electron chi connectivity index (χ0n) is 13.7. The second kappa shape index (κ2) is 8.63. The van der Waals surface area contributed by atoms with E-state index in [2.05, 4.69) is 31.0 Å². The summed E-state index contributed by atoms with van der Waals surface area (Å²) >= 11 is 0. The molecule has 2 atom stereocenters. The predicted octanol–water partition coefficient (Wildman–Crippen LogP) is 2.57. The van der Waals surface area contributed by atoms with Crippen LogP contribution in [0.3, 0.4) is 0 Å². The Kier molecular flexibility index (Phi) is 7.52. The quantitative estimate of drug-likeness (QED) is 0.696. The standard InChI is InChI=1S/C16H32N2O2/c1-5-12-17-16(15(19)20-8-4)11-9-10-14(13-16)18(6-2)7-3/h14,17H,5-13H2,1-4H3. The number of nitrogens with one attached hydrogen (secondary N) is 1. The Morgan fingerprint density at radius 1 is 1.30 bits per heavy atom. The average molecular weight is 284 g/mol. The first-order valence-corrected chi connectivity index (χ1v) is 8.29. The Morgan fingerprint density at radius 3 is 2.55 bits per heavy atom. The second-order valence-corrected chi connectivity index (χ2v) is 5.70. The van der Waals surface area contributed by atoms with Gasteiger partial charge in [0.05, 0.1) is 6.61 Å². The molecule has 0 aromatic heterocycles. The number of carbonyl (C=O) groups is 1. The highest BCUT2D eigenvalue weighted by Crippen LogP contribution is 2.32. The van der Waals surface area contributed by atoms with Crippen molar-refractivity contribution in [2.45, 2.75) is 71.4 Å². The van der Waals surface area contributed by atoms with E-state index in [1.54, 1.807) is 0 Å². The first kappa shape index (κ1) is 17.4. The normalized spacial score (nSPS) is 26.8. The largest absolute Gasteiger partial charge is 0.465 e. The van der Waals surface area contributed by atoms with Gasteiger partial charge < -0.3 is 15.0 Å². The minimum atomic E-state index is -0.461. The summed E-state index contributed by atoms with van der Waals surface area (Å²) < 4.78 is 5.36. The van der Waals surface area contributed by atoms with Gasteiger partial charge in [-0.2, -0.15) is 0 Å². The van der Waals surface area contributed by atoms with Crippen LogP contribution in [0.4, 0.5) is 0 Å². The van der Waals surface area contributed by atoms with E-state index in [1.807, 2.05) is 6.92 Å². The minimum Gasteiger partial charge on any atom is -0.465 e. The second-order valence-electron chi connectivity index (χ2n) is 5.70. The van der Waals surface area contributed by atoms with Crippen molar-refractivity contribution >= 4 is 5.97 Å². The molecule has 1 aliphatic carbocycles. The first-order chi connectivity index (χ1) is 9.63. The van der Waals surface area contributed by atoms with Gasteiger partial charge in [-0.15, -0.1) is 0 Å². The van der Waals surface area contributed by atoms with E-state index in [0.29, 0.717) is 12.6 Å². The summed E-state index contributed by atoms with van der Waals surface area (Å²) in [4.78, 5) is 14.9. The van der Waals surface area contributed by atoms with Gasteiger partial charge >= 0.3 is 5.97 Å². The molecule has 0 aliphatic heterocycles. The summed E-state index contributed by atoms with van der Waals surface area (Å²) in [6.45, 7) is 11.9. The molecule has 0 amide bonds. The molecule has 1 saturated carbocycles. The zero-order chi connectivity index (χ0) is 15.0. The number of nitrogens with zero attached hydrogens (tertiary/aromatic N) is 1. The molecule has 0 heterocycles. The minimum absolute atomic E-state index is 0.0506. The van der Waals surface area contributed by atoms with Gasteiger partial charge in [-0.1, -0.05) is 20.8 Å². The van der Waals surface area contributed by atoms with Crippen molar-refractivity contribution in [2.24, 2.45) is 0 Å². The highest BCUT2D eigenvalue weighted by atomic mass is 16.5. The molecule has 4 nitrogen and oxygen atoms in total. The monoisotopic (exact) mass is 284 g/mol. The number of esters is 1. The van der Waals surface area contributed by atoms with E-state index < -0.39 is 5.54 Å². The first-order valence-electron chi connectivity index (χ1n) is 8.29. The van der Waals surface area contributed by atoms with E-state index in [9.17, 15) is 4.79 Å². The van der Waals surface area contributed by atoms with Crippen LogP contribution in [0.1, 0.15) is 59.8 Å². The summed E-state index contributed by atoms with van der Waals surface area (Å²) in [5.74, 6) is -0.0506. The molecule has 0 radical (unpaired) electrons. The molecule has 2 unspecified atom stereocenters. The lowest BCUT2D eigenvalue weighted by molar-refractivity contribution is -0.154. The summed E-state index contributed by atoms with van der Waals surface area (Å²) in [6, 6.07) is 0.493. The van der Waals surface area contributed by atoms with E-state index in [1.165, 1.54) is 6.42 Å². The van der Waals surface area contributed by atoms with Crippen LogP contribution in [0.15, 0.2) is 0 Å². The van der Waals surface area contributed by atoms with Crippen molar-refractivity contribution in [3.8, 4) is 0 Å². The van der Waals surface area contributed by atoms with Crippen LogP contribution < -0.4 is 5.32 Å². The van der Waals surface area contributed by atoms with Gasteiger partial charge in [-0.25, -0.2) is 0 Å². The number of ether oxygens (including phenoxy) is 1. The smallest absolute Gasteiger partial charge is 0.326 e. The number of hydrogen-bond acceptors (Lipinski definition) is 4. The Morgan fingerprint density at radius 2 is 2.00 bits per heavy atom. The van der Waals surface area contributed by atoms with Crippen molar-refractivity contribution in [3.05, 3.63) is 0 Å². The van der Waals surface area contributed by atoms with Crippen molar-refractivity contribution in [3.63, 3.8) is 0 Å². The maximum Gasteiger partial charge on any atom is 0.326 e. The average Bonchev–Trinajstić information content (AvgIpc) is 2.47. The van der Waals surface area contributed by atoms with E-state index >= 15 is 0 Å². The number of carbonyl (C=O) groups excluding carboxylic acids is 1. The lowest BCUT2D eigenvalue weighted by Crippen LogP contribution is -2.59. The number of rotatable bonds is 8. The molecule has 1 fully saturated rings. The van der Waals surface area contributed by atoms with Gasteiger partial charge in [-0.05, 0) is 58.7 Å². The fraction of sp³-hybridized carbons (Fsp3) is 0.938. The Labute approximate surface area is 124 Å². The molecule has 0 saturated heterocycles. The van der Waals surface area contributed by atoms with E-state index in [-0.39, 0.29) is 5.97 Å². The molecule has 118 valence electrons. The van der Waals surface area contributed by atoms with E-state index in [4.69, 9.17) is 4.74 Å². The molecule has 0 spiro atoms. The fourth-order valence-electron chi connectivity index (χ4n) is 3.35. The summed E-state index contributed by atoms with van der Waals surface area (Å²) in [5, 5.41) is 3.50. The van der Waals surface area contributed by atoms with E-state index in [0.717, 1.165) is 45.3 Å². The van der Waals surface area contributed by atoms with Gasteiger partial charge in [0, 0.05) is 6.04 Å². The predicted molar refractivity (Wildman–Crippen MR) is 82.8 cm³/mol. The van der Waals surface area contributed by atoms with Crippen molar-refractivity contribution in [1.82, 2.24) is 10.2 Å². The maximum atomic E-state index is 12.5. The maximum absolute atomic E-state index is 12.5. The molecular weight excluding hydrogens is 252 g/mol. The van der Waals surface area contributed by atoms with Gasteiger partial charge in [0.15, 0.2) is 0 Å². The molecule has 0 bridgehead atoms. The van der Waals surface area contributed by atoms with Crippen LogP contribution in [0.5, 0.6) is 0 Å². The molecule has 1 N–H and O–H groups in total. The Hall–Kier alpha value is -0.610. The third-order valence-corrected chi connectivity index (χ3v) is 4.43. The topological polar surface area (TPSA) is 41.6 Å². The fourth-order valence-corrected chi connectivity index (χ4v) is 3.35. The lowest BCUT2D eigenvalue weighted by atomic mass is 9.78. The zero-order valence-corrected chi connectivity index (χ0v) is 13.7. The third kappa shape index (κ3) is 4.19. The van der Waals surface area contributed by atoms with Crippen molar-refractivity contribution in [1.29, 1.82) is 0 Å². The van der Waals surface area contributed by atoms with Crippen LogP contribution in [0.25, 0.3) is 0 Å². The number of hydrogen-bond donors (Lipinski definition) is 1. The van der Waals surface area contributed by atoms with Crippen molar-refractivity contribution < 1.29 is 9.53 Å². The molecule has 0 aromatic rings.